The van der Waals surface area contributed by atoms with Crippen LogP contribution in [0.5, 0.6) is 0 Å². The van der Waals surface area contributed by atoms with E-state index in [1.807, 2.05) is 27.7 Å². The topological polar surface area (TPSA) is 152 Å². The Morgan fingerprint density at radius 1 is 0.659 bits per heavy atom. The second-order valence-electron chi connectivity index (χ2n) is 13.7. The summed E-state index contributed by atoms with van der Waals surface area (Å²) in [4.78, 5) is 62.8. The summed E-state index contributed by atoms with van der Waals surface area (Å²) in [7, 11) is 1.33. The number of ether oxygens (including phenoxy) is 2. The Morgan fingerprint density at radius 2 is 1.07 bits per heavy atom. The summed E-state index contributed by atoms with van der Waals surface area (Å²) in [5, 5.41) is 11.3. The maximum atomic E-state index is 13.1. The average molecular weight is 585 g/mol. The highest BCUT2D eigenvalue weighted by Gasteiger charge is 2.34. The molecule has 0 unspecified atom stereocenters. The van der Waals surface area contributed by atoms with Crippen molar-refractivity contribution in [2.24, 2.45) is 11.8 Å². The number of esters is 1. The number of alkyl carbamates (subject to hydrolysis) is 1. The second kappa shape index (κ2) is 16.6. The van der Waals surface area contributed by atoms with Crippen LogP contribution in [0, 0.1) is 11.8 Å². The maximum absolute atomic E-state index is 13.1. The van der Waals surface area contributed by atoms with E-state index in [1.54, 1.807) is 48.5 Å². The first-order chi connectivity index (χ1) is 18.6. The molecule has 0 saturated carbocycles. The number of hydrogen-bond acceptors (Lipinski definition) is 7. The lowest BCUT2D eigenvalue weighted by Crippen LogP contribution is -2.58. The summed E-state index contributed by atoms with van der Waals surface area (Å²) in [5.41, 5.74) is -3.12. The van der Waals surface area contributed by atoms with Crippen molar-refractivity contribution in [3.63, 3.8) is 0 Å². The molecule has 0 radical (unpaired) electrons. The van der Waals surface area contributed by atoms with Crippen LogP contribution in [0.25, 0.3) is 0 Å². The van der Waals surface area contributed by atoms with Gasteiger partial charge in [-0.2, -0.15) is 0 Å². The van der Waals surface area contributed by atoms with Gasteiger partial charge in [-0.25, -0.2) is 4.79 Å². The van der Waals surface area contributed by atoms with E-state index in [1.165, 1.54) is 7.11 Å². The number of hydrogen-bond donors (Lipinski definition) is 4. The van der Waals surface area contributed by atoms with Crippen molar-refractivity contribution < 1.29 is 33.4 Å². The van der Waals surface area contributed by atoms with Crippen molar-refractivity contribution in [3.05, 3.63) is 0 Å². The van der Waals surface area contributed by atoms with Gasteiger partial charge in [-0.3, -0.25) is 19.2 Å². The average Bonchev–Trinajstić information content (AvgIpc) is 2.77. The molecule has 0 aromatic heterocycles. The molecule has 11 heteroatoms. The van der Waals surface area contributed by atoms with Crippen molar-refractivity contribution in [2.75, 3.05) is 7.11 Å². The van der Waals surface area contributed by atoms with Gasteiger partial charge in [0, 0.05) is 24.9 Å². The van der Waals surface area contributed by atoms with Crippen LogP contribution in [-0.4, -0.2) is 65.7 Å². The molecule has 238 valence electrons. The van der Waals surface area contributed by atoms with Crippen LogP contribution in [0.3, 0.4) is 0 Å². The monoisotopic (exact) mass is 584 g/mol. The molecule has 0 aliphatic carbocycles. The summed E-state index contributed by atoms with van der Waals surface area (Å²) < 4.78 is 9.99. The number of nitrogens with one attached hydrogen (secondary N) is 4. The summed E-state index contributed by atoms with van der Waals surface area (Å²) in [6, 6.07) is -0.556. The minimum Gasteiger partial charge on any atom is -0.469 e. The molecular weight excluding hydrogens is 528 g/mol. The third-order valence-electron chi connectivity index (χ3n) is 6.23. The minimum atomic E-state index is -1.24. The molecule has 4 amide bonds. The van der Waals surface area contributed by atoms with Crippen LogP contribution in [0.2, 0.25) is 0 Å². The predicted molar refractivity (Wildman–Crippen MR) is 159 cm³/mol. The summed E-state index contributed by atoms with van der Waals surface area (Å²) in [6.07, 6.45) is 1.69. The molecule has 0 aromatic rings. The molecule has 4 N–H and O–H groups in total. The van der Waals surface area contributed by atoms with E-state index in [9.17, 15) is 24.0 Å². The van der Waals surface area contributed by atoms with E-state index in [0.717, 1.165) is 0 Å². The molecule has 0 fully saturated rings. The van der Waals surface area contributed by atoms with Crippen LogP contribution >= 0.6 is 0 Å². The van der Waals surface area contributed by atoms with Gasteiger partial charge in [-0.15, -0.1) is 0 Å². The highest BCUT2D eigenvalue weighted by molar-refractivity contribution is 5.91. The summed E-state index contributed by atoms with van der Waals surface area (Å²) >= 11 is 0. The van der Waals surface area contributed by atoms with E-state index in [2.05, 4.69) is 21.3 Å². The third-order valence-corrected chi connectivity index (χ3v) is 6.23. The lowest BCUT2D eigenvalue weighted by molar-refractivity contribution is -0.141. The lowest BCUT2D eigenvalue weighted by Gasteiger charge is -2.31. The molecule has 0 aliphatic heterocycles. The van der Waals surface area contributed by atoms with Gasteiger partial charge < -0.3 is 30.7 Å². The Hall–Kier alpha value is -2.85. The third kappa shape index (κ3) is 16.9. The molecule has 0 aliphatic rings. The highest BCUT2D eigenvalue weighted by Crippen LogP contribution is 2.16. The van der Waals surface area contributed by atoms with Gasteiger partial charge in [0.1, 0.15) is 16.7 Å². The Labute approximate surface area is 247 Å². The largest absolute Gasteiger partial charge is 0.469 e. The smallest absolute Gasteiger partial charge is 0.408 e. The molecule has 0 bridgehead atoms. The number of amides is 4. The number of carbonyl (C=O) groups excluding carboxylic acids is 5. The van der Waals surface area contributed by atoms with Crippen LogP contribution < -0.4 is 21.3 Å². The van der Waals surface area contributed by atoms with E-state index >= 15 is 0 Å². The van der Waals surface area contributed by atoms with Crippen LogP contribution in [0.4, 0.5) is 4.79 Å². The van der Waals surface area contributed by atoms with E-state index in [-0.39, 0.29) is 48.6 Å². The Bertz CT molecular complexity index is 892. The normalized spacial score (nSPS) is 13.7. The van der Waals surface area contributed by atoms with Crippen LogP contribution in [0.1, 0.15) is 115 Å². The molecular formula is C30H56N4O7. The molecule has 2 atom stereocenters. The Kier molecular flexibility index (Phi) is 15.4. The summed E-state index contributed by atoms with van der Waals surface area (Å²) in [6.45, 7) is 19.8. The van der Waals surface area contributed by atoms with Gasteiger partial charge in [0.25, 0.3) is 0 Å². The molecule has 0 rings (SSSR count). The van der Waals surface area contributed by atoms with Gasteiger partial charge in [-0.1, -0.05) is 27.7 Å². The van der Waals surface area contributed by atoms with Gasteiger partial charge in [0.05, 0.1) is 7.11 Å². The molecule has 11 nitrogen and oxygen atoms in total. The molecule has 41 heavy (non-hydrogen) atoms. The van der Waals surface area contributed by atoms with Crippen molar-refractivity contribution in [1.82, 2.24) is 21.3 Å². The van der Waals surface area contributed by atoms with E-state index in [0.29, 0.717) is 31.6 Å². The standard InChI is InChI=1S/C30H56N4O7/c1-19(2)17-21(31-26(38)30(10,11)34-27(39)41-28(5,6)7)13-15-23(35)33-29(8,9)25(37)32-22(18-20(3)4)14-16-24(36)40-12/h19-22H,13-18H2,1-12H3,(H,31,38)(H,32,37)(H,33,35)(H,34,39)/t21-,22-/m0/s1. The molecule has 0 aromatic carbocycles. The van der Waals surface area contributed by atoms with E-state index in [4.69, 9.17) is 9.47 Å². The fourth-order valence-corrected chi connectivity index (χ4v) is 4.15. The van der Waals surface area contributed by atoms with Crippen LogP contribution in [-0.2, 0) is 28.7 Å². The zero-order valence-corrected chi connectivity index (χ0v) is 27.4. The first-order valence-electron chi connectivity index (χ1n) is 14.6. The van der Waals surface area contributed by atoms with Gasteiger partial charge in [-0.05, 0) is 86.0 Å². The first kappa shape index (κ1) is 38.1. The van der Waals surface area contributed by atoms with Crippen molar-refractivity contribution in [2.45, 2.75) is 143 Å². The summed E-state index contributed by atoms with van der Waals surface area (Å²) in [5.74, 6) is -0.856. The fraction of sp³-hybridized carbons (Fsp3) is 0.833. The lowest BCUT2D eigenvalue weighted by atomic mass is 9.96. The number of rotatable bonds is 16. The van der Waals surface area contributed by atoms with Gasteiger partial charge >= 0.3 is 12.1 Å². The first-order valence-corrected chi connectivity index (χ1v) is 14.6. The quantitative estimate of drug-likeness (QED) is 0.200. The zero-order valence-electron chi connectivity index (χ0n) is 27.4. The SMILES string of the molecule is COC(=O)CC[C@@H](CC(C)C)NC(=O)C(C)(C)NC(=O)CC[C@@H](CC(C)C)NC(=O)C(C)(C)NC(=O)OC(C)(C)C. The Balaban J connectivity index is 5.21. The second-order valence-corrected chi connectivity index (χ2v) is 13.7. The number of methoxy groups -OCH3 is 1. The molecule has 0 heterocycles. The Morgan fingerprint density at radius 3 is 1.46 bits per heavy atom. The zero-order chi connectivity index (χ0) is 32.2. The highest BCUT2D eigenvalue weighted by atomic mass is 16.6. The minimum absolute atomic E-state index is 0.0893. The number of carbonyl (C=O) groups is 5. The molecule has 0 saturated heterocycles. The van der Waals surface area contributed by atoms with Gasteiger partial charge in [0.15, 0.2) is 0 Å². The van der Waals surface area contributed by atoms with Crippen molar-refractivity contribution in [1.29, 1.82) is 0 Å². The van der Waals surface area contributed by atoms with E-state index < -0.39 is 28.7 Å². The molecule has 0 spiro atoms. The van der Waals surface area contributed by atoms with Crippen LogP contribution in [0.15, 0.2) is 0 Å². The van der Waals surface area contributed by atoms with Gasteiger partial charge in [0.2, 0.25) is 17.7 Å². The predicted octanol–water partition coefficient (Wildman–Crippen LogP) is 3.98. The maximum Gasteiger partial charge on any atom is 0.408 e. The van der Waals surface area contributed by atoms with Crippen molar-refractivity contribution in [3.8, 4) is 0 Å². The fourth-order valence-electron chi connectivity index (χ4n) is 4.15. The van der Waals surface area contributed by atoms with Crippen molar-refractivity contribution >= 4 is 29.8 Å².